The highest BCUT2D eigenvalue weighted by molar-refractivity contribution is 5.72. The van der Waals surface area contributed by atoms with Crippen LogP contribution in [0, 0.1) is 22.7 Å². The van der Waals surface area contributed by atoms with Crippen LogP contribution in [0.1, 0.15) is 57.9 Å². The fourth-order valence-electron chi connectivity index (χ4n) is 5.47. The largest absolute Gasteiger partial charge is 0.550 e. The molecule has 0 bridgehead atoms. The van der Waals surface area contributed by atoms with Gasteiger partial charge in [0.15, 0.2) is 0 Å². The van der Waals surface area contributed by atoms with Crippen molar-refractivity contribution < 1.29 is 14.3 Å². The standard InChI is InChI=1S/C20H28O3/c1-14-5-8-17-19(2,10-4-11-20(17,3)18(21)22)16(14)7-6-15-9-12-23-13-15/h9,12-13,16-17H,1,4-8,10-11H2,2-3H3,(H,21,22)/p-1/t16-,17+,19+,20-/m0/s1. The van der Waals surface area contributed by atoms with Gasteiger partial charge < -0.3 is 14.3 Å². The third kappa shape index (κ3) is 2.64. The van der Waals surface area contributed by atoms with Gasteiger partial charge in [0.2, 0.25) is 0 Å². The van der Waals surface area contributed by atoms with E-state index < -0.39 is 11.4 Å². The number of rotatable bonds is 4. The third-order valence-electron chi connectivity index (χ3n) is 6.79. The zero-order valence-corrected chi connectivity index (χ0v) is 14.3. The third-order valence-corrected chi connectivity index (χ3v) is 6.79. The van der Waals surface area contributed by atoms with Gasteiger partial charge in [0.25, 0.3) is 0 Å². The summed E-state index contributed by atoms with van der Waals surface area (Å²) in [6, 6.07) is 2.01. The molecule has 3 nitrogen and oxygen atoms in total. The molecule has 0 radical (unpaired) electrons. The lowest BCUT2D eigenvalue weighted by molar-refractivity contribution is -0.326. The number of hydrogen-bond acceptors (Lipinski definition) is 3. The van der Waals surface area contributed by atoms with Crippen molar-refractivity contribution >= 4 is 5.97 Å². The van der Waals surface area contributed by atoms with E-state index in [1.807, 2.05) is 13.0 Å². The minimum absolute atomic E-state index is 0.0200. The lowest BCUT2D eigenvalue weighted by Crippen LogP contribution is -2.56. The number of aliphatic carboxylic acids is 1. The molecule has 0 unspecified atom stereocenters. The summed E-state index contributed by atoms with van der Waals surface area (Å²) in [4.78, 5) is 11.9. The van der Waals surface area contributed by atoms with E-state index in [1.54, 1.807) is 12.5 Å². The summed E-state index contributed by atoms with van der Waals surface area (Å²) in [5.41, 5.74) is 1.84. The zero-order valence-electron chi connectivity index (χ0n) is 14.3. The second-order valence-electron chi connectivity index (χ2n) is 8.04. The Labute approximate surface area is 138 Å². The van der Waals surface area contributed by atoms with E-state index in [0.29, 0.717) is 5.92 Å². The molecule has 23 heavy (non-hydrogen) atoms. The van der Waals surface area contributed by atoms with Crippen molar-refractivity contribution in [1.82, 2.24) is 0 Å². The maximum atomic E-state index is 11.9. The molecule has 3 rings (SSSR count). The minimum Gasteiger partial charge on any atom is -0.550 e. The van der Waals surface area contributed by atoms with E-state index in [-0.39, 0.29) is 11.3 Å². The first-order valence-electron chi connectivity index (χ1n) is 8.78. The first-order chi connectivity index (χ1) is 10.9. The minimum atomic E-state index is -0.866. The van der Waals surface area contributed by atoms with E-state index in [1.165, 1.54) is 11.1 Å². The number of carbonyl (C=O) groups is 1. The second kappa shape index (κ2) is 5.85. The van der Waals surface area contributed by atoms with Crippen molar-refractivity contribution in [1.29, 1.82) is 0 Å². The van der Waals surface area contributed by atoms with Gasteiger partial charge in [-0.05, 0) is 67.4 Å². The van der Waals surface area contributed by atoms with Crippen molar-refractivity contribution in [2.45, 2.75) is 58.8 Å². The quantitative estimate of drug-likeness (QED) is 0.795. The maximum Gasteiger partial charge on any atom is 0.0934 e. The Balaban J connectivity index is 1.86. The van der Waals surface area contributed by atoms with Crippen LogP contribution >= 0.6 is 0 Å². The Morgan fingerprint density at radius 2 is 2.22 bits per heavy atom. The molecule has 2 aliphatic carbocycles. The van der Waals surface area contributed by atoms with E-state index in [0.717, 1.165) is 44.9 Å². The van der Waals surface area contributed by atoms with Crippen LogP contribution in [0.15, 0.2) is 35.2 Å². The van der Waals surface area contributed by atoms with Crippen LogP contribution in [-0.4, -0.2) is 5.97 Å². The maximum absolute atomic E-state index is 11.9. The van der Waals surface area contributed by atoms with Gasteiger partial charge in [-0.3, -0.25) is 0 Å². The summed E-state index contributed by atoms with van der Waals surface area (Å²) >= 11 is 0. The summed E-state index contributed by atoms with van der Waals surface area (Å²) in [6.45, 7) is 8.54. The number of carboxylic acids is 1. The zero-order chi connectivity index (χ0) is 16.7. The van der Waals surface area contributed by atoms with Crippen molar-refractivity contribution in [3.63, 3.8) is 0 Å². The molecule has 4 atom stereocenters. The predicted octanol–water partition coefficient (Wildman–Crippen LogP) is 3.74. The van der Waals surface area contributed by atoms with Crippen LogP contribution in [0.4, 0.5) is 0 Å². The van der Waals surface area contributed by atoms with Gasteiger partial charge in [-0.1, -0.05) is 32.4 Å². The molecular formula is C20H27O3-. The molecule has 1 heterocycles. The molecular weight excluding hydrogens is 288 g/mol. The van der Waals surface area contributed by atoms with E-state index in [2.05, 4.69) is 13.5 Å². The second-order valence-corrected chi connectivity index (χ2v) is 8.04. The van der Waals surface area contributed by atoms with Crippen LogP contribution in [-0.2, 0) is 11.2 Å². The Bertz CT molecular complexity index is 588. The van der Waals surface area contributed by atoms with Crippen molar-refractivity contribution in [3.05, 3.63) is 36.3 Å². The Hall–Kier alpha value is -1.51. The lowest BCUT2D eigenvalue weighted by Gasteiger charge is -2.59. The van der Waals surface area contributed by atoms with Gasteiger partial charge in [-0.2, -0.15) is 0 Å². The van der Waals surface area contributed by atoms with Crippen molar-refractivity contribution in [3.8, 4) is 0 Å². The van der Waals surface area contributed by atoms with E-state index in [9.17, 15) is 9.90 Å². The summed E-state index contributed by atoms with van der Waals surface area (Å²) in [5.74, 6) is -0.293. The van der Waals surface area contributed by atoms with Gasteiger partial charge in [0.05, 0.1) is 12.5 Å². The molecule has 1 aromatic heterocycles. The van der Waals surface area contributed by atoms with Gasteiger partial charge in [-0.25, -0.2) is 0 Å². The van der Waals surface area contributed by atoms with E-state index >= 15 is 0 Å². The highest BCUT2D eigenvalue weighted by Crippen LogP contribution is 2.61. The van der Waals surface area contributed by atoms with Gasteiger partial charge in [0, 0.05) is 11.4 Å². The number of furan rings is 1. The summed E-state index contributed by atoms with van der Waals surface area (Å²) in [7, 11) is 0. The molecule has 0 amide bonds. The Morgan fingerprint density at radius 3 is 2.87 bits per heavy atom. The van der Waals surface area contributed by atoms with Crippen LogP contribution < -0.4 is 5.11 Å². The average molecular weight is 315 g/mol. The molecule has 3 heteroatoms. The van der Waals surface area contributed by atoms with Crippen LogP contribution in [0.5, 0.6) is 0 Å². The predicted molar refractivity (Wildman–Crippen MR) is 87.5 cm³/mol. The molecule has 0 aromatic carbocycles. The fraction of sp³-hybridized carbons (Fsp3) is 0.650. The van der Waals surface area contributed by atoms with Crippen molar-refractivity contribution in [2.75, 3.05) is 0 Å². The summed E-state index contributed by atoms with van der Waals surface area (Å²) in [6.07, 6.45) is 10.2. The highest BCUT2D eigenvalue weighted by atomic mass is 16.4. The fourth-order valence-corrected chi connectivity index (χ4v) is 5.47. The number of carbonyl (C=O) groups excluding carboxylic acids is 1. The topological polar surface area (TPSA) is 53.3 Å². The molecule has 2 fully saturated rings. The lowest BCUT2D eigenvalue weighted by atomic mass is 9.46. The Kier molecular flexibility index (Phi) is 4.16. The summed E-state index contributed by atoms with van der Waals surface area (Å²) < 4.78 is 5.17. The molecule has 0 aliphatic heterocycles. The van der Waals surface area contributed by atoms with E-state index in [4.69, 9.17) is 4.42 Å². The van der Waals surface area contributed by atoms with Crippen LogP contribution in [0.2, 0.25) is 0 Å². The van der Waals surface area contributed by atoms with Crippen LogP contribution in [0.3, 0.4) is 0 Å². The monoisotopic (exact) mass is 315 g/mol. The molecule has 126 valence electrons. The Morgan fingerprint density at radius 1 is 1.43 bits per heavy atom. The highest BCUT2D eigenvalue weighted by Gasteiger charge is 2.54. The molecule has 1 aromatic rings. The van der Waals surface area contributed by atoms with Crippen molar-refractivity contribution in [2.24, 2.45) is 22.7 Å². The van der Waals surface area contributed by atoms with Gasteiger partial charge >= 0.3 is 0 Å². The average Bonchev–Trinajstić information content (AvgIpc) is 2.99. The molecule has 0 spiro atoms. The number of hydrogen-bond donors (Lipinski definition) is 0. The number of allylic oxidation sites excluding steroid dienone is 1. The molecule has 2 aliphatic rings. The normalized spacial score (nSPS) is 37.4. The summed E-state index contributed by atoms with van der Waals surface area (Å²) in [5, 5.41) is 11.9. The molecule has 2 saturated carbocycles. The molecule has 0 N–H and O–H groups in total. The molecule has 0 saturated heterocycles. The van der Waals surface area contributed by atoms with Crippen LogP contribution in [0.25, 0.3) is 0 Å². The number of carboxylic acid groups (broad SMARTS) is 1. The first kappa shape index (κ1) is 16.4. The first-order valence-corrected chi connectivity index (χ1v) is 8.78. The number of fused-ring (bicyclic) bond motifs is 1. The SMILES string of the molecule is C=C1CC[C@@H]2[C@](C)(CCC[C@]2(C)C(=O)[O-])[C@H]1CCc1ccoc1. The van der Waals surface area contributed by atoms with Gasteiger partial charge in [-0.15, -0.1) is 0 Å². The van der Waals surface area contributed by atoms with Gasteiger partial charge in [0.1, 0.15) is 0 Å². The number of aryl methyl sites for hydroxylation is 1. The smallest absolute Gasteiger partial charge is 0.0934 e.